The van der Waals surface area contributed by atoms with Crippen LogP contribution in [0.25, 0.3) is 0 Å². The summed E-state index contributed by atoms with van der Waals surface area (Å²) in [6.45, 7) is 1.66. The quantitative estimate of drug-likeness (QED) is 0.909. The van der Waals surface area contributed by atoms with Gasteiger partial charge in [-0.05, 0) is 19.1 Å². The molecule has 18 heavy (non-hydrogen) atoms. The molecule has 2 heterocycles. The molecule has 0 spiro atoms. The molecule has 2 rings (SSSR count). The minimum Gasteiger partial charge on any atom is -0.361 e. The maximum Gasteiger partial charge on any atom is 0.239 e. The van der Waals surface area contributed by atoms with Gasteiger partial charge in [0.1, 0.15) is 28.8 Å². The van der Waals surface area contributed by atoms with Crippen molar-refractivity contribution in [2.75, 3.05) is 4.72 Å². The van der Waals surface area contributed by atoms with Gasteiger partial charge in [0.2, 0.25) is 10.0 Å². The van der Waals surface area contributed by atoms with Crippen molar-refractivity contribution in [2.45, 2.75) is 12.7 Å². The Kier molecular flexibility index (Phi) is 3.28. The fourth-order valence-corrected chi connectivity index (χ4v) is 2.35. The molecule has 0 saturated carbocycles. The Labute approximate surface area is 103 Å². The summed E-state index contributed by atoms with van der Waals surface area (Å²) in [5.41, 5.74) is 0.294. The number of rotatable bonds is 4. The lowest BCUT2D eigenvalue weighted by atomic mass is 10.4. The van der Waals surface area contributed by atoms with Gasteiger partial charge < -0.3 is 4.52 Å². The predicted octanol–water partition coefficient (Wildman–Crippen LogP) is 1.46. The molecule has 0 bridgehead atoms. The van der Waals surface area contributed by atoms with Crippen LogP contribution in [-0.2, 0) is 15.8 Å². The number of nitrogens with zero attached hydrogens (tertiary/aromatic N) is 2. The van der Waals surface area contributed by atoms with E-state index in [-0.39, 0.29) is 11.6 Å². The van der Waals surface area contributed by atoms with Gasteiger partial charge in [-0.3, -0.25) is 4.72 Å². The van der Waals surface area contributed by atoms with E-state index in [1.165, 1.54) is 12.1 Å². The van der Waals surface area contributed by atoms with Gasteiger partial charge in [-0.2, -0.15) is 0 Å². The van der Waals surface area contributed by atoms with Gasteiger partial charge in [0.05, 0.1) is 6.20 Å². The van der Waals surface area contributed by atoms with Crippen LogP contribution in [-0.4, -0.2) is 18.6 Å². The molecular formula is C10H10FN3O3S. The van der Waals surface area contributed by atoms with E-state index in [0.717, 1.165) is 12.3 Å². The van der Waals surface area contributed by atoms with Crippen LogP contribution in [0.2, 0.25) is 0 Å². The third-order valence-electron chi connectivity index (χ3n) is 2.00. The summed E-state index contributed by atoms with van der Waals surface area (Å²) in [5.74, 6) is -0.287. The van der Waals surface area contributed by atoms with Crippen LogP contribution in [0.15, 0.2) is 28.9 Å². The molecule has 0 fully saturated rings. The zero-order valence-corrected chi connectivity index (χ0v) is 10.2. The van der Waals surface area contributed by atoms with Gasteiger partial charge in [-0.1, -0.05) is 5.16 Å². The topological polar surface area (TPSA) is 85.1 Å². The van der Waals surface area contributed by atoms with Crippen molar-refractivity contribution in [3.05, 3.63) is 41.7 Å². The van der Waals surface area contributed by atoms with E-state index in [4.69, 9.17) is 4.52 Å². The molecule has 2 aromatic heterocycles. The molecule has 0 aliphatic carbocycles. The number of nitrogens with one attached hydrogen (secondary N) is 1. The maximum absolute atomic E-state index is 12.6. The summed E-state index contributed by atoms with van der Waals surface area (Å²) in [7, 11) is -3.64. The van der Waals surface area contributed by atoms with E-state index in [0.29, 0.717) is 11.5 Å². The highest BCUT2D eigenvalue weighted by Crippen LogP contribution is 2.11. The van der Waals surface area contributed by atoms with E-state index < -0.39 is 15.8 Å². The predicted molar refractivity (Wildman–Crippen MR) is 61.7 cm³/mol. The average molecular weight is 271 g/mol. The van der Waals surface area contributed by atoms with Gasteiger partial charge in [-0.25, -0.2) is 17.8 Å². The lowest BCUT2D eigenvalue weighted by molar-refractivity contribution is 0.392. The Hall–Kier alpha value is -1.96. The zero-order valence-electron chi connectivity index (χ0n) is 9.42. The van der Waals surface area contributed by atoms with Crippen molar-refractivity contribution in [3.63, 3.8) is 0 Å². The average Bonchev–Trinajstić information content (AvgIpc) is 2.66. The molecule has 1 N–H and O–H groups in total. The van der Waals surface area contributed by atoms with Crippen LogP contribution in [0.5, 0.6) is 0 Å². The van der Waals surface area contributed by atoms with Gasteiger partial charge in [0.15, 0.2) is 0 Å². The van der Waals surface area contributed by atoms with Crippen molar-refractivity contribution in [1.29, 1.82) is 0 Å². The number of sulfonamides is 1. The Morgan fingerprint density at radius 3 is 2.78 bits per heavy atom. The molecule has 0 amide bonds. The van der Waals surface area contributed by atoms with E-state index >= 15 is 0 Å². The van der Waals surface area contributed by atoms with Crippen LogP contribution < -0.4 is 4.72 Å². The number of aromatic nitrogens is 2. The third kappa shape index (κ3) is 3.27. The molecule has 0 radical (unpaired) electrons. The van der Waals surface area contributed by atoms with Gasteiger partial charge in [0.25, 0.3) is 0 Å². The van der Waals surface area contributed by atoms with Crippen LogP contribution >= 0.6 is 0 Å². The van der Waals surface area contributed by atoms with Crippen LogP contribution in [0.4, 0.5) is 10.2 Å². The molecule has 0 aromatic carbocycles. The molecular weight excluding hydrogens is 261 g/mol. The van der Waals surface area contributed by atoms with Crippen molar-refractivity contribution in [2.24, 2.45) is 0 Å². The molecule has 0 unspecified atom stereocenters. The molecule has 0 saturated heterocycles. The number of anilines is 1. The Balaban J connectivity index is 2.10. The molecule has 96 valence electrons. The Morgan fingerprint density at radius 1 is 1.44 bits per heavy atom. The Bertz CT molecular complexity index is 637. The minimum absolute atomic E-state index is 0.0524. The largest absolute Gasteiger partial charge is 0.361 e. The first-order valence-corrected chi connectivity index (χ1v) is 6.64. The number of hydrogen-bond donors (Lipinski definition) is 1. The second-order valence-corrected chi connectivity index (χ2v) is 5.37. The van der Waals surface area contributed by atoms with Crippen LogP contribution in [0.1, 0.15) is 11.5 Å². The first-order chi connectivity index (χ1) is 8.44. The fraction of sp³-hybridized carbons (Fsp3) is 0.200. The zero-order chi connectivity index (χ0) is 13.2. The van der Waals surface area contributed by atoms with Crippen molar-refractivity contribution >= 4 is 15.8 Å². The normalized spacial score (nSPS) is 11.4. The van der Waals surface area contributed by atoms with Gasteiger partial charge in [0, 0.05) is 6.07 Å². The number of halogens is 1. The smallest absolute Gasteiger partial charge is 0.239 e. The summed E-state index contributed by atoms with van der Waals surface area (Å²) >= 11 is 0. The van der Waals surface area contributed by atoms with E-state index in [1.54, 1.807) is 6.92 Å². The van der Waals surface area contributed by atoms with Crippen LogP contribution in [0.3, 0.4) is 0 Å². The highest BCUT2D eigenvalue weighted by molar-refractivity contribution is 7.91. The SMILES string of the molecule is Cc1cc(CS(=O)(=O)Nc2ccc(F)cn2)no1. The number of aryl methyl sites for hydroxylation is 1. The first-order valence-electron chi connectivity index (χ1n) is 4.99. The van der Waals surface area contributed by atoms with E-state index in [2.05, 4.69) is 14.9 Å². The van der Waals surface area contributed by atoms with E-state index in [9.17, 15) is 12.8 Å². The lowest BCUT2D eigenvalue weighted by Gasteiger charge is -2.04. The molecule has 0 atom stereocenters. The van der Waals surface area contributed by atoms with Gasteiger partial charge >= 0.3 is 0 Å². The number of hydrogen-bond acceptors (Lipinski definition) is 5. The molecule has 0 aliphatic heterocycles. The second kappa shape index (κ2) is 4.73. The van der Waals surface area contributed by atoms with E-state index in [1.807, 2.05) is 0 Å². The van der Waals surface area contributed by atoms with Crippen molar-refractivity contribution in [1.82, 2.24) is 10.1 Å². The van der Waals surface area contributed by atoms with Crippen LogP contribution in [0, 0.1) is 12.7 Å². The highest BCUT2D eigenvalue weighted by Gasteiger charge is 2.15. The van der Waals surface area contributed by atoms with Crippen molar-refractivity contribution in [3.8, 4) is 0 Å². The summed E-state index contributed by atoms with van der Waals surface area (Å²) in [4.78, 5) is 3.60. The molecule has 2 aromatic rings. The molecule has 0 aliphatic rings. The first kappa shape index (κ1) is 12.5. The summed E-state index contributed by atoms with van der Waals surface area (Å²) < 4.78 is 43.1. The standard InChI is InChI=1S/C10H10FN3O3S/c1-7-4-9(13-17-7)6-18(15,16)14-10-3-2-8(11)5-12-10/h2-5H,6H2,1H3,(H,12,14). The fourth-order valence-electron chi connectivity index (χ4n) is 1.31. The third-order valence-corrected chi connectivity index (χ3v) is 3.20. The molecule has 6 nitrogen and oxygen atoms in total. The molecule has 8 heteroatoms. The number of pyridine rings is 1. The monoisotopic (exact) mass is 271 g/mol. The summed E-state index contributed by atoms with van der Waals surface area (Å²) in [6.07, 6.45) is 0.929. The second-order valence-electron chi connectivity index (χ2n) is 3.65. The van der Waals surface area contributed by atoms with Gasteiger partial charge in [-0.15, -0.1) is 0 Å². The lowest BCUT2D eigenvalue weighted by Crippen LogP contribution is -2.16. The highest BCUT2D eigenvalue weighted by atomic mass is 32.2. The maximum atomic E-state index is 12.6. The summed E-state index contributed by atoms with van der Waals surface area (Å²) in [5, 5.41) is 3.58. The van der Waals surface area contributed by atoms with Crippen molar-refractivity contribution < 1.29 is 17.3 Å². The summed E-state index contributed by atoms with van der Waals surface area (Å²) in [6, 6.07) is 3.88. The Morgan fingerprint density at radius 2 is 2.22 bits per heavy atom. The minimum atomic E-state index is -3.64.